The minimum atomic E-state index is 0.179. The Morgan fingerprint density at radius 2 is 1.93 bits per heavy atom. The molecule has 152 valence electrons. The van der Waals surface area contributed by atoms with E-state index in [-0.39, 0.29) is 5.91 Å². The van der Waals surface area contributed by atoms with Crippen LogP contribution in [0.3, 0.4) is 0 Å². The van der Waals surface area contributed by atoms with Gasteiger partial charge in [-0.15, -0.1) is 10.2 Å². The predicted molar refractivity (Wildman–Crippen MR) is 114 cm³/mol. The number of hydrogen-bond acceptors (Lipinski definition) is 5. The van der Waals surface area contributed by atoms with E-state index in [1.165, 1.54) is 17.3 Å². The van der Waals surface area contributed by atoms with Crippen molar-refractivity contribution in [3.05, 3.63) is 54.3 Å². The van der Waals surface area contributed by atoms with Gasteiger partial charge in [-0.3, -0.25) is 9.36 Å². The zero-order chi connectivity index (χ0) is 20.1. The third-order valence-corrected chi connectivity index (χ3v) is 6.39. The first-order chi connectivity index (χ1) is 14.2. The summed E-state index contributed by atoms with van der Waals surface area (Å²) in [5.41, 5.74) is 1.39. The molecule has 7 heteroatoms. The predicted octanol–water partition coefficient (Wildman–Crippen LogP) is 4.13. The lowest BCUT2D eigenvalue weighted by Gasteiger charge is -2.32. The summed E-state index contributed by atoms with van der Waals surface area (Å²) in [6.07, 6.45) is 4.87. The number of benzene rings is 1. The number of carbonyl (C=O) groups is 1. The number of thioether (sulfide) groups is 1. The molecule has 0 saturated carbocycles. The van der Waals surface area contributed by atoms with Crippen LogP contribution in [0.2, 0.25) is 0 Å². The highest BCUT2D eigenvalue weighted by atomic mass is 32.2. The summed E-state index contributed by atoms with van der Waals surface area (Å²) in [5.74, 6) is 2.62. The van der Waals surface area contributed by atoms with Crippen molar-refractivity contribution < 1.29 is 9.21 Å². The van der Waals surface area contributed by atoms with E-state index in [1.54, 1.807) is 6.26 Å². The number of likely N-dealkylation sites (tertiary alicyclic amines) is 1. The van der Waals surface area contributed by atoms with Crippen molar-refractivity contribution in [3.63, 3.8) is 0 Å². The Kier molecular flexibility index (Phi) is 6.34. The van der Waals surface area contributed by atoms with Crippen molar-refractivity contribution in [1.29, 1.82) is 0 Å². The first-order valence-corrected chi connectivity index (χ1v) is 11.1. The highest BCUT2D eigenvalue weighted by Crippen LogP contribution is 2.26. The first kappa shape index (κ1) is 19.8. The Morgan fingerprint density at radius 1 is 1.14 bits per heavy atom. The molecule has 29 heavy (non-hydrogen) atoms. The van der Waals surface area contributed by atoms with E-state index in [0.717, 1.165) is 44.1 Å². The lowest BCUT2D eigenvalue weighted by molar-refractivity contribution is -0.129. The van der Waals surface area contributed by atoms with E-state index in [0.29, 0.717) is 23.3 Å². The summed E-state index contributed by atoms with van der Waals surface area (Å²) in [4.78, 5) is 14.7. The summed E-state index contributed by atoms with van der Waals surface area (Å²) in [5, 5.41) is 9.26. The van der Waals surface area contributed by atoms with Gasteiger partial charge in [0.05, 0.1) is 12.0 Å². The highest BCUT2D eigenvalue weighted by molar-refractivity contribution is 7.99. The second-order valence-corrected chi connectivity index (χ2v) is 8.27. The summed E-state index contributed by atoms with van der Waals surface area (Å²) >= 11 is 1.45. The topological polar surface area (TPSA) is 64.2 Å². The van der Waals surface area contributed by atoms with Crippen LogP contribution in [-0.4, -0.2) is 44.4 Å². The number of rotatable bonds is 7. The van der Waals surface area contributed by atoms with E-state index in [4.69, 9.17) is 4.42 Å². The standard InChI is InChI=1S/C22H26N4O2S/c1-2-26-21(19-9-6-14-28-19)23-24-22(26)29-16-20(27)25-12-10-18(11-13-25)15-17-7-4-3-5-8-17/h3-9,14,18H,2,10-13,15-16H2,1H3. The van der Waals surface area contributed by atoms with Gasteiger partial charge in [-0.25, -0.2) is 0 Å². The van der Waals surface area contributed by atoms with Gasteiger partial charge in [0.15, 0.2) is 16.7 Å². The molecular formula is C22H26N4O2S. The fourth-order valence-electron chi connectivity index (χ4n) is 3.82. The van der Waals surface area contributed by atoms with Crippen molar-refractivity contribution in [2.24, 2.45) is 5.92 Å². The molecule has 1 saturated heterocycles. The van der Waals surface area contributed by atoms with Crippen molar-refractivity contribution in [3.8, 4) is 11.6 Å². The molecule has 1 amide bonds. The summed E-state index contributed by atoms with van der Waals surface area (Å²) in [6, 6.07) is 14.3. The minimum absolute atomic E-state index is 0.179. The normalized spacial score (nSPS) is 15.0. The molecule has 1 aliphatic heterocycles. The number of piperidine rings is 1. The van der Waals surface area contributed by atoms with E-state index in [1.807, 2.05) is 28.5 Å². The average molecular weight is 411 g/mol. The Labute approximate surface area is 175 Å². The molecule has 3 aromatic rings. The lowest BCUT2D eigenvalue weighted by Crippen LogP contribution is -2.39. The number of aromatic nitrogens is 3. The number of nitrogens with zero attached hydrogens (tertiary/aromatic N) is 4. The van der Waals surface area contributed by atoms with Crippen LogP contribution in [0, 0.1) is 5.92 Å². The summed E-state index contributed by atoms with van der Waals surface area (Å²) < 4.78 is 7.43. The van der Waals surface area contributed by atoms with Crippen LogP contribution in [0.1, 0.15) is 25.3 Å². The monoisotopic (exact) mass is 410 g/mol. The minimum Gasteiger partial charge on any atom is -0.461 e. The number of amides is 1. The fourth-order valence-corrected chi connectivity index (χ4v) is 4.73. The van der Waals surface area contributed by atoms with Crippen LogP contribution in [0.15, 0.2) is 58.3 Å². The molecular weight excluding hydrogens is 384 g/mol. The van der Waals surface area contributed by atoms with Crippen LogP contribution in [0.4, 0.5) is 0 Å². The third kappa shape index (κ3) is 4.72. The maximum Gasteiger partial charge on any atom is 0.233 e. The maximum atomic E-state index is 12.7. The largest absolute Gasteiger partial charge is 0.461 e. The molecule has 2 aromatic heterocycles. The summed E-state index contributed by atoms with van der Waals surface area (Å²) in [7, 11) is 0. The van der Waals surface area contributed by atoms with Gasteiger partial charge in [-0.05, 0) is 49.8 Å². The van der Waals surface area contributed by atoms with Gasteiger partial charge in [0.2, 0.25) is 5.91 Å². The zero-order valence-corrected chi connectivity index (χ0v) is 17.5. The van der Waals surface area contributed by atoms with Crippen LogP contribution in [0.25, 0.3) is 11.6 Å². The molecule has 0 aliphatic carbocycles. The lowest BCUT2D eigenvalue weighted by atomic mass is 9.90. The smallest absolute Gasteiger partial charge is 0.233 e. The van der Waals surface area contributed by atoms with Gasteiger partial charge < -0.3 is 9.32 Å². The highest BCUT2D eigenvalue weighted by Gasteiger charge is 2.24. The van der Waals surface area contributed by atoms with E-state index in [2.05, 4.69) is 40.5 Å². The van der Waals surface area contributed by atoms with Crippen molar-refractivity contribution >= 4 is 17.7 Å². The Hall–Kier alpha value is -2.54. The van der Waals surface area contributed by atoms with Gasteiger partial charge in [0.25, 0.3) is 0 Å². The molecule has 3 heterocycles. The number of carbonyl (C=O) groups excluding carboxylic acids is 1. The van der Waals surface area contributed by atoms with Gasteiger partial charge in [0.1, 0.15) is 0 Å². The molecule has 0 radical (unpaired) electrons. The first-order valence-electron chi connectivity index (χ1n) is 10.2. The van der Waals surface area contributed by atoms with Crippen LogP contribution >= 0.6 is 11.8 Å². The Morgan fingerprint density at radius 3 is 2.62 bits per heavy atom. The van der Waals surface area contributed by atoms with Gasteiger partial charge in [-0.2, -0.15) is 0 Å². The second kappa shape index (κ2) is 9.31. The SMILES string of the molecule is CCn1c(SCC(=O)N2CCC(Cc3ccccc3)CC2)nnc1-c1ccco1. The molecule has 1 fully saturated rings. The number of furan rings is 1. The zero-order valence-electron chi connectivity index (χ0n) is 16.7. The van der Waals surface area contributed by atoms with E-state index in [9.17, 15) is 4.79 Å². The molecule has 6 nitrogen and oxygen atoms in total. The van der Waals surface area contributed by atoms with Crippen LogP contribution in [-0.2, 0) is 17.8 Å². The van der Waals surface area contributed by atoms with E-state index >= 15 is 0 Å². The van der Waals surface area contributed by atoms with Crippen molar-refractivity contribution in [2.45, 2.75) is 37.9 Å². The van der Waals surface area contributed by atoms with Crippen LogP contribution in [0.5, 0.6) is 0 Å². The maximum absolute atomic E-state index is 12.7. The molecule has 4 rings (SSSR count). The third-order valence-electron chi connectivity index (χ3n) is 5.43. The van der Waals surface area contributed by atoms with Gasteiger partial charge in [-0.1, -0.05) is 42.1 Å². The van der Waals surface area contributed by atoms with Crippen LogP contribution < -0.4 is 0 Å². The summed E-state index contributed by atoms with van der Waals surface area (Å²) in [6.45, 7) is 4.45. The fraction of sp³-hybridized carbons (Fsp3) is 0.409. The molecule has 0 atom stereocenters. The number of hydrogen-bond donors (Lipinski definition) is 0. The Bertz CT molecular complexity index is 916. The van der Waals surface area contributed by atoms with Gasteiger partial charge >= 0.3 is 0 Å². The average Bonchev–Trinajstić information content (AvgIpc) is 3.42. The van der Waals surface area contributed by atoms with E-state index < -0.39 is 0 Å². The molecule has 1 aromatic carbocycles. The second-order valence-electron chi connectivity index (χ2n) is 7.33. The molecule has 0 bridgehead atoms. The Balaban J connectivity index is 1.29. The molecule has 1 aliphatic rings. The molecule has 0 spiro atoms. The van der Waals surface area contributed by atoms with Crippen molar-refractivity contribution in [1.82, 2.24) is 19.7 Å². The molecule has 0 unspecified atom stereocenters. The van der Waals surface area contributed by atoms with Crippen molar-refractivity contribution in [2.75, 3.05) is 18.8 Å². The molecule has 0 N–H and O–H groups in total. The van der Waals surface area contributed by atoms with Gasteiger partial charge in [0, 0.05) is 19.6 Å². The quantitative estimate of drug-likeness (QED) is 0.548.